The van der Waals surface area contributed by atoms with E-state index in [1.165, 1.54) is 5.56 Å². The maximum Gasteiger partial charge on any atom is 0.0449 e. The SMILES string of the molecule is CCC(C)NC(CCO)c1ccccc1. The molecule has 2 nitrogen and oxygen atoms in total. The Morgan fingerprint density at radius 3 is 2.47 bits per heavy atom. The van der Waals surface area contributed by atoms with Crippen LogP contribution in [-0.4, -0.2) is 17.8 Å². The third-order valence-electron chi connectivity index (χ3n) is 2.72. The van der Waals surface area contributed by atoms with Gasteiger partial charge in [-0.05, 0) is 25.3 Å². The molecule has 1 rings (SSSR count). The molecule has 0 bridgehead atoms. The lowest BCUT2D eigenvalue weighted by Gasteiger charge is -2.22. The van der Waals surface area contributed by atoms with Gasteiger partial charge < -0.3 is 10.4 Å². The highest BCUT2D eigenvalue weighted by Crippen LogP contribution is 2.17. The van der Waals surface area contributed by atoms with E-state index in [0.29, 0.717) is 6.04 Å². The molecule has 0 fully saturated rings. The van der Waals surface area contributed by atoms with Crippen LogP contribution in [0.4, 0.5) is 0 Å². The lowest BCUT2D eigenvalue weighted by molar-refractivity contribution is 0.259. The summed E-state index contributed by atoms with van der Waals surface area (Å²) in [5, 5.41) is 12.6. The molecule has 0 heterocycles. The van der Waals surface area contributed by atoms with Gasteiger partial charge >= 0.3 is 0 Å². The molecule has 1 aromatic rings. The summed E-state index contributed by atoms with van der Waals surface area (Å²) in [6.07, 6.45) is 1.88. The van der Waals surface area contributed by atoms with E-state index in [1.54, 1.807) is 0 Å². The molecule has 0 amide bonds. The molecule has 15 heavy (non-hydrogen) atoms. The Morgan fingerprint density at radius 1 is 1.27 bits per heavy atom. The van der Waals surface area contributed by atoms with Crippen molar-refractivity contribution in [2.24, 2.45) is 0 Å². The number of rotatable bonds is 6. The van der Waals surface area contributed by atoms with E-state index in [0.717, 1.165) is 12.8 Å². The highest BCUT2D eigenvalue weighted by molar-refractivity contribution is 5.18. The Morgan fingerprint density at radius 2 is 1.93 bits per heavy atom. The lowest BCUT2D eigenvalue weighted by Crippen LogP contribution is -2.30. The Bertz CT molecular complexity index is 260. The van der Waals surface area contributed by atoms with Crippen LogP contribution in [0.25, 0.3) is 0 Å². The third-order valence-corrected chi connectivity index (χ3v) is 2.72. The third kappa shape index (κ3) is 4.02. The normalized spacial score (nSPS) is 14.9. The quantitative estimate of drug-likeness (QED) is 0.751. The van der Waals surface area contributed by atoms with E-state index in [2.05, 4.69) is 31.3 Å². The molecule has 1 aromatic carbocycles. The van der Waals surface area contributed by atoms with Gasteiger partial charge in [-0.1, -0.05) is 37.3 Å². The largest absolute Gasteiger partial charge is 0.396 e. The van der Waals surface area contributed by atoms with Crippen LogP contribution < -0.4 is 5.32 Å². The van der Waals surface area contributed by atoms with E-state index in [9.17, 15) is 0 Å². The van der Waals surface area contributed by atoms with E-state index in [4.69, 9.17) is 5.11 Å². The number of hydrogen-bond donors (Lipinski definition) is 2. The number of aliphatic hydroxyl groups is 1. The highest BCUT2D eigenvalue weighted by atomic mass is 16.3. The Labute approximate surface area is 92.3 Å². The first-order valence-corrected chi connectivity index (χ1v) is 5.69. The van der Waals surface area contributed by atoms with E-state index in [1.807, 2.05) is 18.2 Å². The van der Waals surface area contributed by atoms with Gasteiger partial charge in [-0.3, -0.25) is 0 Å². The first-order valence-electron chi connectivity index (χ1n) is 5.69. The van der Waals surface area contributed by atoms with Crippen molar-refractivity contribution in [2.75, 3.05) is 6.61 Å². The molecule has 2 heteroatoms. The van der Waals surface area contributed by atoms with Gasteiger partial charge in [-0.25, -0.2) is 0 Å². The average Bonchev–Trinajstić information content (AvgIpc) is 2.29. The summed E-state index contributed by atoms with van der Waals surface area (Å²) in [4.78, 5) is 0. The van der Waals surface area contributed by atoms with Crippen molar-refractivity contribution in [2.45, 2.75) is 38.8 Å². The summed E-state index contributed by atoms with van der Waals surface area (Å²) in [6, 6.07) is 11.1. The fraction of sp³-hybridized carbons (Fsp3) is 0.538. The summed E-state index contributed by atoms with van der Waals surface area (Å²) < 4.78 is 0. The smallest absolute Gasteiger partial charge is 0.0449 e. The molecule has 0 aliphatic rings. The number of hydrogen-bond acceptors (Lipinski definition) is 2. The van der Waals surface area contributed by atoms with Crippen LogP contribution >= 0.6 is 0 Å². The van der Waals surface area contributed by atoms with Gasteiger partial charge in [0.1, 0.15) is 0 Å². The summed E-state index contributed by atoms with van der Waals surface area (Å²) in [7, 11) is 0. The monoisotopic (exact) mass is 207 g/mol. The fourth-order valence-electron chi connectivity index (χ4n) is 1.62. The van der Waals surface area contributed by atoms with Crippen molar-refractivity contribution >= 4 is 0 Å². The Kier molecular flexibility index (Phi) is 5.37. The summed E-state index contributed by atoms with van der Waals surface area (Å²) in [6.45, 7) is 4.56. The summed E-state index contributed by atoms with van der Waals surface area (Å²) in [5.74, 6) is 0. The lowest BCUT2D eigenvalue weighted by atomic mass is 10.0. The Hall–Kier alpha value is -0.860. The molecule has 2 unspecified atom stereocenters. The van der Waals surface area contributed by atoms with Crippen molar-refractivity contribution in [3.8, 4) is 0 Å². The molecule has 0 saturated carbocycles. The number of nitrogens with one attached hydrogen (secondary N) is 1. The van der Waals surface area contributed by atoms with Gasteiger partial charge in [0.05, 0.1) is 0 Å². The van der Waals surface area contributed by atoms with Gasteiger partial charge in [0.15, 0.2) is 0 Å². The molecule has 0 aromatic heterocycles. The summed E-state index contributed by atoms with van der Waals surface area (Å²) >= 11 is 0. The number of benzene rings is 1. The second kappa shape index (κ2) is 6.59. The molecule has 0 aliphatic carbocycles. The van der Waals surface area contributed by atoms with Gasteiger partial charge in [-0.15, -0.1) is 0 Å². The van der Waals surface area contributed by atoms with Crippen molar-refractivity contribution in [1.82, 2.24) is 5.32 Å². The molecule has 0 radical (unpaired) electrons. The molecule has 0 aliphatic heterocycles. The van der Waals surface area contributed by atoms with E-state index < -0.39 is 0 Å². The maximum absolute atomic E-state index is 9.04. The van der Waals surface area contributed by atoms with Crippen LogP contribution in [0.5, 0.6) is 0 Å². The second-order valence-corrected chi connectivity index (χ2v) is 3.95. The zero-order valence-corrected chi connectivity index (χ0v) is 9.61. The predicted molar refractivity (Wildman–Crippen MR) is 63.8 cm³/mol. The highest BCUT2D eigenvalue weighted by Gasteiger charge is 2.12. The van der Waals surface area contributed by atoms with E-state index in [-0.39, 0.29) is 12.6 Å². The minimum Gasteiger partial charge on any atom is -0.396 e. The zero-order chi connectivity index (χ0) is 11.1. The first-order chi connectivity index (χ1) is 7.27. The van der Waals surface area contributed by atoms with Crippen molar-refractivity contribution < 1.29 is 5.11 Å². The molecule has 2 atom stereocenters. The fourth-order valence-corrected chi connectivity index (χ4v) is 1.62. The minimum atomic E-state index is 0.225. The van der Waals surface area contributed by atoms with Crippen LogP contribution in [0, 0.1) is 0 Å². The molecular formula is C13H21NO. The average molecular weight is 207 g/mol. The van der Waals surface area contributed by atoms with Gasteiger partial charge in [-0.2, -0.15) is 0 Å². The van der Waals surface area contributed by atoms with E-state index >= 15 is 0 Å². The van der Waals surface area contributed by atoms with Crippen molar-refractivity contribution in [3.63, 3.8) is 0 Å². The van der Waals surface area contributed by atoms with Crippen LogP contribution in [0.1, 0.15) is 38.3 Å². The number of aliphatic hydroxyl groups excluding tert-OH is 1. The molecular weight excluding hydrogens is 186 g/mol. The van der Waals surface area contributed by atoms with Crippen molar-refractivity contribution in [3.05, 3.63) is 35.9 Å². The zero-order valence-electron chi connectivity index (χ0n) is 9.61. The first kappa shape index (κ1) is 12.2. The molecule has 0 saturated heterocycles. The van der Waals surface area contributed by atoms with Crippen LogP contribution in [0.3, 0.4) is 0 Å². The predicted octanol–water partition coefficient (Wildman–Crippen LogP) is 2.50. The van der Waals surface area contributed by atoms with Gasteiger partial charge in [0.2, 0.25) is 0 Å². The molecule has 2 N–H and O–H groups in total. The standard InChI is InChI=1S/C13H21NO/c1-3-11(2)14-13(9-10-15)12-7-5-4-6-8-12/h4-8,11,13-15H,3,9-10H2,1-2H3. The maximum atomic E-state index is 9.04. The van der Waals surface area contributed by atoms with Gasteiger partial charge in [0.25, 0.3) is 0 Å². The summed E-state index contributed by atoms with van der Waals surface area (Å²) in [5.41, 5.74) is 1.26. The Balaban J connectivity index is 2.65. The topological polar surface area (TPSA) is 32.3 Å². The molecule has 84 valence electrons. The molecule has 0 spiro atoms. The van der Waals surface area contributed by atoms with Crippen LogP contribution in [-0.2, 0) is 0 Å². The minimum absolute atomic E-state index is 0.225. The second-order valence-electron chi connectivity index (χ2n) is 3.95. The van der Waals surface area contributed by atoms with Crippen molar-refractivity contribution in [1.29, 1.82) is 0 Å². The van der Waals surface area contributed by atoms with Crippen LogP contribution in [0.2, 0.25) is 0 Å². The van der Waals surface area contributed by atoms with Gasteiger partial charge in [0, 0.05) is 18.7 Å². The van der Waals surface area contributed by atoms with Crippen LogP contribution in [0.15, 0.2) is 30.3 Å².